The van der Waals surface area contributed by atoms with Crippen LogP contribution in [0.2, 0.25) is 5.02 Å². The molecule has 0 atom stereocenters. The average Bonchev–Trinajstić information content (AvgIpc) is 2.59. The van der Waals surface area contributed by atoms with Crippen molar-refractivity contribution in [3.63, 3.8) is 0 Å². The topological polar surface area (TPSA) is 29.5 Å². The number of carbonyl (C=O) groups is 1. The maximum Gasteiger partial charge on any atom is 0.410 e. The van der Waals surface area contributed by atoms with Crippen LogP contribution in [0.4, 0.5) is 4.79 Å². The summed E-state index contributed by atoms with van der Waals surface area (Å²) in [4.78, 5) is 12.9. The largest absolute Gasteiger partial charge is 0.453 e. The van der Waals surface area contributed by atoms with Gasteiger partial charge in [0.05, 0.1) is 7.11 Å². The van der Waals surface area contributed by atoms with Crippen molar-refractivity contribution >= 4 is 17.7 Å². The van der Waals surface area contributed by atoms with Gasteiger partial charge in [-0.1, -0.05) is 17.7 Å². The summed E-state index contributed by atoms with van der Waals surface area (Å²) in [6.07, 6.45) is -0.294. The monoisotopic (exact) mass is 211 g/mol. The van der Waals surface area contributed by atoms with E-state index in [1.54, 1.807) is 4.90 Å². The smallest absolute Gasteiger partial charge is 0.410 e. The number of ether oxygens (including phenoxy) is 1. The molecule has 0 unspecified atom stereocenters. The average molecular weight is 212 g/mol. The lowest BCUT2D eigenvalue weighted by Crippen LogP contribution is -2.24. The minimum atomic E-state index is -0.294. The van der Waals surface area contributed by atoms with Gasteiger partial charge in [-0.2, -0.15) is 0 Å². The number of hydrogen-bond acceptors (Lipinski definition) is 2. The van der Waals surface area contributed by atoms with Gasteiger partial charge in [-0.05, 0) is 23.3 Å². The lowest BCUT2D eigenvalue weighted by molar-refractivity contribution is 0.123. The molecular formula is C10H10ClNO2. The Hall–Kier alpha value is -1.22. The van der Waals surface area contributed by atoms with Crippen molar-refractivity contribution in [2.75, 3.05) is 7.11 Å². The van der Waals surface area contributed by atoms with Crippen molar-refractivity contribution in [1.29, 1.82) is 0 Å². The zero-order valence-corrected chi connectivity index (χ0v) is 8.54. The van der Waals surface area contributed by atoms with E-state index in [-0.39, 0.29) is 6.09 Å². The number of halogens is 1. The fourth-order valence-corrected chi connectivity index (χ4v) is 1.82. The molecule has 14 heavy (non-hydrogen) atoms. The maximum atomic E-state index is 11.2. The molecule has 0 N–H and O–H groups in total. The summed E-state index contributed by atoms with van der Waals surface area (Å²) in [6, 6.07) is 5.67. The maximum absolute atomic E-state index is 11.2. The highest BCUT2D eigenvalue weighted by molar-refractivity contribution is 6.30. The summed E-state index contributed by atoms with van der Waals surface area (Å²) in [6.45, 7) is 1.20. The Bertz CT molecular complexity index is 378. The number of fused-ring (bicyclic) bond motifs is 1. The van der Waals surface area contributed by atoms with Gasteiger partial charge in [0.2, 0.25) is 0 Å². The molecule has 0 spiro atoms. The molecule has 1 heterocycles. The Labute approximate surface area is 87.2 Å². The second kappa shape index (κ2) is 3.50. The fourth-order valence-electron chi connectivity index (χ4n) is 1.62. The van der Waals surface area contributed by atoms with E-state index in [2.05, 4.69) is 4.74 Å². The molecule has 0 saturated heterocycles. The highest BCUT2D eigenvalue weighted by Gasteiger charge is 2.23. The Morgan fingerprint density at radius 3 is 2.86 bits per heavy atom. The lowest BCUT2D eigenvalue weighted by Gasteiger charge is -2.12. The third kappa shape index (κ3) is 1.55. The van der Waals surface area contributed by atoms with Crippen LogP contribution < -0.4 is 0 Å². The molecule has 1 aliphatic heterocycles. The zero-order valence-electron chi connectivity index (χ0n) is 7.79. The second-order valence-corrected chi connectivity index (χ2v) is 3.68. The van der Waals surface area contributed by atoms with Crippen LogP contribution in [0, 0.1) is 0 Å². The first-order chi connectivity index (χ1) is 6.70. The van der Waals surface area contributed by atoms with Crippen LogP contribution >= 0.6 is 11.6 Å². The summed E-state index contributed by atoms with van der Waals surface area (Å²) in [5, 5.41) is 0.704. The van der Waals surface area contributed by atoms with Crippen LogP contribution in [-0.2, 0) is 17.8 Å². The van der Waals surface area contributed by atoms with Crippen LogP contribution in [0.5, 0.6) is 0 Å². The Morgan fingerprint density at radius 1 is 1.43 bits per heavy atom. The zero-order chi connectivity index (χ0) is 10.1. The Balaban J connectivity index is 2.22. The van der Waals surface area contributed by atoms with Crippen molar-refractivity contribution in [2.24, 2.45) is 0 Å². The third-order valence-corrected chi connectivity index (χ3v) is 2.56. The van der Waals surface area contributed by atoms with Crippen LogP contribution in [0.1, 0.15) is 11.1 Å². The van der Waals surface area contributed by atoms with E-state index in [1.807, 2.05) is 18.2 Å². The van der Waals surface area contributed by atoms with Gasteiger partial charge in [0.1, 0.15) is 0 Å². The first-order valence-corrected chi connectivity index (χ1v) is 4.68. The van der Waals surface area contributed by atoms with Gasteiger partial charge in [-0.3, -0.25) is 4.90 Å². The number of hydrogen-bond donors (Lipinski definition) is 0. The second-order valence-electron chi connectivity index (χ2n) is 3.24. The first-order valence-electron chi connectivity index (χ1n) is 4.31. The van der Waals surface area contributed by atoms with Gasteiger partial charge in [0.15, 0.2) is 0 Å². The van der Waals surface area contributed by atoms with Gasteiger partial charge < -0.3 is 4.74 Å². The van der Waals surface area contributed by atoms with Crippen molar-refractivity contribution in [1.82, 2.24) is 4.90 Å². The molecule has 0 aliphatic carbocycles. The minimum Gasteiger partial charge on any atom is -0.453 e. The van der Waals surface area contributed by atoms with Gasteiger partial charge in [0, 0.05) is 18.1 Å². The van der Waals surface area contributed by atoms with Crippen molar-refractivity contribution < 1.29 is 9.53 Å². The Kier molecular flexibility index (Phi) is 2.33. The SMILES string of the molecule is COC(=O)N1Cc2ccc(Cl)cc2C1. The van der Waals surface area contributed by atoms with E-state index in [0.717, 1.165) is 11.1 Å². The van der Waals surface area contributed by atoms with E-state index in [1.165, 1.54) is 7.11 Å². The van der Waals surface area contributed by atoms with Gasteiger partial charge >= 0.3 is 6.09 Å². The van der Waals surface area contributed by atoms with Crippen molar-refractivity contribution in [3.8, 4) is 0 Å². The first kappa shape index (κ1) is 9.34. The highest BCUT2D eigenvalue weighted by atomic mass is 35.5. The minimum absolute atomic E-state index is 0.294. The number of benzene rings is 1. The molecule has 0 aromatic heterocycles. The van der Waals surface area contributed by atoms with Crippen LogP contribution in [0.25, 0.3) is 0 Å². The number of nitrogens with zero attached hydrogens (tertiary/aromatic N) is 1. The summed E-state index contributed by atoms with van der Waals surface area (Å²) in [5.41, 5.74) is 2.24. The molecule has 1 aliphatic rings. The number of methoxy groups -OCH3 is 1. The predicted molar refractivity (Wildman–Crippen MR) is 53.1 cm³/mol. The molecule has 74 valence electrons. The Morgan fingerprint density at radius 2 is 2.14 bits per heavy atom. The van der Waals surface area contributed by atoms with Crippen molar-refractivity contribution in [3.05, 3.63) is 34.3 Å². The fraction of sp³-hybridized carbons (Fsp3) is 0.300. The molecule has 0 fully saturated rings. The standard InChI is InChI=1S/C10H10ClNO2/c1-14-10(13)12-5-7-2-3-9(11)4-8(7)6-12/h2-4H,5-6H2,1H3. The summed E-state index contributed by atoms with van der Waals surface area (Å²) in [5.74, 6) is 0. The molecule has 0 radical (unpaired) electrons. The molecule has 3 nitrogen and oxygen atoms in total. The van der Waals surface area contributed by atoms with E-state index < -0.39 is 0 Å². The molecule has 1 amide bonds. The molecule has 2 rings (SSSR count). The summed E-state index contributed by atoms with van der Waals surface area (Å²) >= 11 is 5.85. The summed E-state index contributed by atoms with van der Waals surface area (Å²) in [7, 11) is 1.39. The van der Waals surface area contributed by atoms with E-state index in [9.17, 15) is 4.79 Å². The molecule has 0 saturated carbocycles. The van der Waals surface area contributed by atoms with E-state index >= 15 is 0 Å². The lowest BCUT2D eigenvalue weighted by atomic mass is 10.1. The number of amides is 1. The predicted octanol–water partition coefficient (Wildman–Crippen LogP) is 2.42. The highest BCUT2D eigenvalue weighted by Crippen LogP contribution is 2.25. The van der Waals surface area contributed by atoms with Crippen molar-refractivity contribution in [2.45, 2.75) is 13.1 Å². The van der Waals surface area contributed by atoms with Gasteiger partial charge in [0.25, 0.3) is 0 Å². The third-order valence-electron chi connectivity index (χ3n) is 2.32. The molecule has 1 aromatic carbocycles. The number of carbonyl (C=O) groups excluding carboxylic acids is 1. The van der Waals surface area contributed by atoms with E-state index in [4.69, 9.17) is 11.6 Å². The van der Waals surface area contributed by atoms with Gasteiger partial charge in [-0.25, -0.2) is 4.79 Å². The molecule has 1 aromatic rings. The van der Waals surface area contributed by atoms with E-state index in [0.29, 0.717) is 18.1 Å². The molecule has 4 heteroatoms. The molecular weight excluding hydrogens is 202 g/mol. The van der Waals surface area contributed by atoms with Crippen LogP contribution in [0.3, 0.4) is 0 Å². The van der Waals surface area contributed by atoms with Crippen LogP contribution in [-0.4, -0.2) is 18.1 Å². The quantitative estimate of drug-likeness (QED) is 0.660. The number of rotatable bonds is 0. The van der Waals surface area contributed by atoms with Gasteiger partial charge in [-0.15, -0.1) is 0 Å². The summed E-state index contributed by atoms with van der Waals surface area (Å²) < 4.78 is 4.65. The normalized spacial score (nSPS) is 14.0. The van der Waals surface area contributed by atoms with Crippen LogP contribution in [0.15, 0.2) is 18.2 Å². The molecule has 0 bridgehead atoms.